The number of benzene rings is 2. The third-order valence-electron chi connectivity index (χ3n) is 3.29. The molecule has 0 fully saturated rings. The van der Waals surface area contributed by atoms with E-state index in [1.54, 1.807) is 18.2 Å². The van der Waals surface area contributed by atoms with Gasteiger partial charge in [-0.15, -0.1) is 0 Å². The normalized spacial score (nSPS) is 11.8. The molecule has 1 N–H and O–H groups in total. The molecule has 9 heteroatoms. The number of halogens is 3. The van der Waals surface area contributed by atoms with Crippen LogP contribution in [0, 0.1) is 0 Å². The standard InChI is InChI=1S/C17H16F3NO4S/c1-26(23,24)10-9-25-15-4-2-3-14(11-15)21-16(22)12-5-7-13(8-6-12)17(18,19)20/h2-8,11H,9-10H2,1H3,(H,21,22). The second-order valence-corrected chi connectivity index (χ2v) is 7.80. The molecule has 0 bridgehead atoms. The van der Waals surface area contributed by atoms with E-state index in [-0.39, 0.29) is 17.9 Å². The number of anilines is 1. The van der Waals surface area contributed by atoms with E-state index < -0.39 is 27.5 Å². The van der Waals surface area contributed by atoms with E-state index in [0.717, 1.165) is 30.5 Å². The first-order valence-electron chi connectivity index (χ1n) is 7.44. The smallest absolute Gasteiger partial charge is 0.416 e. The summed E-state index contributed by atoms with van der Waals surface area (Å²) in [6, 6.07) is 10.1. The largest absolute Gasteiger partial charge is 0.492 e. The van der Waals surface area contributed by atoms with E-state index in [9.17, 15) is 26.4 Å². The zero-order valence-corrected chi connectivity index (χ0v) is 14.5. The van der Waals surface area contributed by atoms with Crippen LogP contribution in [-0.2, 0) is 16.0 Å². The summed E-state index contributed by atoms with van der Waals surface area (Å²) in [7, 11) is -3.15. The lowest BCUT2D eigenvalue weighted by atomic mass is 10.1. The van der Waals surface area contributed by atoms with Gasteiger partial charge in [0.2, 0.25) is 0 Å². The minimum absolute atomic E-state index is 0.0326. The number of sulfone groups is 1. The molecule has 0 aliphatic carbocycles. The van der Waals surface area contributed by atoms with Gasteiger partial charge in [0, 0.05) is 23.6 Å². The summed E-state index contributed by atoms with van der Waals surface area (Å²) in [5.41, 5.74) is -0.400. The summed E-state index contributed by atoms with van der Waals surface area (Å²) in [5.74, 6) is -0.360. The highest BCUT2D eigenvalue weighted by atomic mass is 32.2. The van der Waals surface area contributed by atoms with Crippen LogP contribution in [0.2, 0.25) is 0 Å². The van der Waals surface area contributed by atoms with Gasteiger partial charge in [0.1, 0.15) is 12.4 Å². The summed E-state index contributed by atoms with van der Waals surface area (Å²) in [6.07, 6.45) is -3.37. The van der Waals surface area contributed by atoms with E-state index in [0.29, 0.717) is 11.4 Å². The zero-order valence-electron chi connectivity index (χ0n) is 13.7. The van der Waals surface area contributed by atoms with Crippen LogP contribution in [0.15, 0.2) is 48.5 Å². The predicted octanol–water partition coefficient (Wildman–Crippen LogP) is 3.38. The predicted molar refractivity (Wildman–Crippen MR) is 91.0 cm³/mol. The summed E-state index contributed by atoms with van der Waals surface area (Å²) in [6.45, 7) is -0.0326. The van der Waals surface area contributed by atoms with E-state index in [1.165, 1.54) is 6.07 Å². The first-order valence-corrected chi connectivity index (χ1v) is 9.50. The molecule has 2 rings (SSSR count). The Morgan fingerprint density at radius 3 is 2.35 bits per heavy atom. The molecule has 2 aromatic rings. The molecule has 0 unspecified atom stereocenters. The Hall–Kier alpha value is -2.55. The molecule has 0 aliphatic rings. The van der Waals surface area contributed by atoms with Gasteiger partial charge < -0.3 is 10.1 Å². The van der Waals surface area contributed by atoms with E-state index >= 15 is 0 Å². The van der Waals surface area contributed by atoms with Crippen molar-refractivity contribution < 1.29 is 31.1 Å². The summed E-state index contributed by atoms with van der Waals surface area (Å²) >= 11 is 0. The van der Waals surface area contributed by atoms with E-state index in [4.69, 9.17) is 4.74 Å². The molecular formula is C17H16F3NO4S. The molecule has 2 aromatic carbocycles. The second-order valence-electron chi connectivity index (χ2n) is 5.54. The minimum atomic E-state index is -4.47. The van der Waals surface area contributed by atoms with E-state index in [1.807, 2.05) is 0 Å². The first-order chi connectivity index (χ1) is 12.0. The molecule has 0 heterocycles. The number of amides is 1. The Bertz CT molecular complexity index is 878. The number of hydrogen-bond acceptors (Lipinski definition) is 4. The van der Waals surface area contributed by atoms with Crippen LogP contribution >= 0.6 is 0 Å². The van der Waals surface area contributed by atoms with Crippen molar-refractivity contribution in [1.29, 1.82) is 0 Å². The molecule has 140 valence electrons. The topological polar surface area (TPSA) is 72.5 Å². The van der Waals surface area contributed by atoms with Crippen LogP contribution in [0.1, 0.15) is 15.9 Å². The van der Waals surface area contributed by atoms with Crippen LogP contribution in [0.5, 0.6) is 5.75 Å². The van der Waals surface area contributed by atoms with Gasteiger partial charge in [-0.25, -0.2) is 8.42 Å². The number of nitrogens with one attached hydrogen (secondary N) is 1. The Morgan fingerprint density at radius 2 is 1.77 bits per heavy atom. The van der Waals surface area contributed by atoms with Crippen molar-refractivity contribution in [2.45, 2.75) is 6.18 Å². The third-order valence-corrected chi connectivity index (χ3v) is 4.20. The Labute approximate surface area is 148 Å². The van der Waals surface area contributed by atoms with Gasteiger partial charge >= 0.3 is 6.18 Å². The highest BCUT2D eigenvalue weighted by Crippen LogP contribution is 2.29. The van der Waals surface area contributed by atoms with Crippen LogP contribution < -0.4 is 10.1 Å². The fourth-order valence-corrected chi connectivity index (χ4v) is 2.37. The van der Waals surface area contributed by atoms with Crippen LogP contribution in [0.25, 0.3) is 0 Å². The number of ether oxygens (including phenoxy) is 1. The number of carbonyl (C=O) groups is 1. The van der Waals surface area contributed by atoms with Crippen LogP contribution in [0.3, 0.4) is 0 Å². The minimum Gasteiger partial charge on any atom is -0.492 e. The van der Waals surface area contributed by atoms with Crippen molar-refractivity contribution in [3.8, 4) is 5.75 Å². The molecule has 1 amide bonds. The van der Waals surface area contributed by atoms with Gasteiger partial charge in [-0.1, -0.05) is 6.07 Å². The Kier molecular flexibility index (Phi) is 5.91. The number of rotatable bonds is 6. The molecule has 0 aromatic heterocycles. The fraction of sp³-hybridized carbons (Fsp3) is 0.235. The SMILES string of the molecule is CS(=O)(=O)CCOc1cccc(NC(=O)c2ccc(C(F)(F)F)cc2)c1. The number of alkyl halides is 3. The lowest BCUT2D eigenvalue weighted by Crippen LogP contribution is -2.14. The van der Waals surface area contributed by atoms with Gasteiger partial charge in [0.15, 0.2) is 9.84 Å². The molecule has 0 spiro atoms. The fourth-order valence-electron chi connectivity index (χ4n) is 1.99. The van der Waals surface area contributed by atoms with Crippen LogP contribution in [-0.4, -0.2) is 32.9 Å². The highest BCUT2D eigenvalue weighted by Gasteiger charge is 2.30. The Morgan fingerprint density at radius 1 is 1.12 bits per heavy atom. The van der Waals surface area contributed by atoms with Crippen LogP contribution in [0.4, 0.5) is 18.9 Å². The average molecular weight is 387 g/mol. The van der Waals surface area contributed by atoms with Crippen molar-refractivity contribution >= 4 is 21.4 Å². The summed E-state index contributed by atoms with van der Waals surface area (Å²) in [5, 5.41) is 2.55. The number of carbonyl (C=O) groups excluding carboxylic acids is 1. The zero-order chi connectivity index (χ0) is 19.4. The number of hydrogen-bond donors (Lipinski definition) is 1. The molecule has 0 atom stereocenters. The van der Waals surface area contributed by atoms with Crippen molar-refractivity contribution in [3.63, 3.8) is 0 Å². The molecule has 0 aliphatic heterocycles. The molecule has 0 radical (unpaired) electrons. The second kappa shape index (κ2) is 7.77. The van der Waals surface area contributed by atoms with Gasteiger partial charge in [0.05, 0.1) is 11.3 Å². The maximum absolute atomic E-state index is 12.5. The monoisotopic (exact) mass is 387 g/mol. The highest BCUT2D eigenvalue weighted by molar-refractivity contribution is 7.90. The first kappa shape index (κ1) is 19.8. The Balaban J connectivity index is 2.01. The van der Waals surface area contributed by atoms with Gasteiger partial charge in [-0.3, -0.25) is 4.79 Å². The van der Waals surface area contributed by atoms with Crippen molar-refractivity contribution in [2.75, 3.05) is 23.9 Å². The van der Waals surface area contributed by atoms with Crippen molar-refractivity contribution in [3.05, 3.63) is 59.7 Å². The van der Waals surface area contributed by atoms with Crippen molar-refractivity contribution in [1.82, 2.24) is 0 Å². The lowest BCUT2D eigenvalue weighted by molar-refractivity contribution is -0.137. The molecular weight excluding hydrogens is 371 g/mol. The summed E-state index contributed by atoms with van der Waals surface area (Å²) in [4.78, 5) is 12.1. The maximum atomic E-state index is 12.5. The average Bonchev–Trinajstić information content (AvgIpc) is 2.53. The van der Waals surface area contributed by atoms with Crippen molar-refractivity contribution in [2.24, 2.45) is 0 Å². The molecule has 5 nitrogen and oxygen atoms in total. The third kappa shape index (κ3) is 6.07. The molecule has 0 saturated heterocycles. The summed E-state index contributed by atoms with van der Waals surface area (Å²) < 4.78 is 65.1. The quantitative estimate of drug-likeness (QED) is 0.825. The molecule has 26 heavy (non-hydrogen) atoms. The van der Waals surface area contributed by atoms with Gasteiger partial charge in [-0.2, -0.15) is 13.2 Å². The van der Waals surface area contributed by atoms with Gasteiger partial charge in [0.25, 0.3) is 5.91 Å². The molecule has 0 saturated carbocycles. The van der Waals surface area contributed by atoms with E-state index in [2.05, 4.69) is 5.32 Å². The lowest BCUT2D eigenvalue weighted by Gasteiger charge is -2.10. The maximum Gasteiger partial charge on any atom is 0.416 e. The van der Waals surface area contributed by atoms with Gasteiger partial charge in [-0.05, 0) is 36.4 Å².